The molecule has 2 aromatic carbocycles. The van der Waals surface area contributed by atoms with Gasteiger partial charge < -0.3 is 20.0 Å². The largest absolute Gasteiger partial charge is 0.459 e. The van der Waals surface area contributed by atoms with Gasteiger partial charge in [-0.05, 0) is 85.0 Å². The molecule has 2 N–H and O–H groups in total. The fourth-order valence-electron chi connectivity index (χ4n) is 4.22. The summed E-state index contributed by atoms with van der Waals surface area (Å²) in [6.45, 7) is 0.351. The number of furan rings is 1. The normalized spacial score (nSPS) is 17.2. The zero-order chi connectivity index (χ0) is 25.1. The number of carbonyl (C=O) groups is 1. The number of aromatic nitrogens is 1. The Morgan fingerprint density at radius 1 is 1.08 bits per heavy atom. The molecule has 1 saturated heterocycles. The molecule has 6 nitrogen and oxygen atoms in total. The van der Waals surface area contributed by atoms with Gasteiger partial charge in [0.15, 0.2) is 5.11 Å². The molecular weight excluding hydrogens is 499 g/mol. The van der Waals surface area contributed by atoms with Crippen LogP contribution in [-0.4, -0.2) is 27.4 Å². The lowest BCUT2D eigenvalue weighted by molar-refractivity contribution is -0.116. The number of halogens is 2. The van der Waals surface area contributed by atoms with E-state index in [-0.39, 0.29) is 30.2 Å². The second-order valence-corrected chi connectivity index (χ2v) is 9.16. The van der Waals surface area contributed by atoms with Crippen molar-refractivity contribution in [3.8, 4) is 11.3 Å². The molecule has 5 rings (SSSR count). The summed E-state index contributed by atoms with van der Waals surface area (Å²) < 4.78 is 19.5. The van der Waals surface area contributed by atoms with Crippen molar-refractivity contribution in [2.24, 2.45) is 0 Å². The predicted octanol–water partition coefficient (Wildman–Crippen LogP) is 6.14. The van der Waals surface area contributed by atoms with Crippen molar-refractivity contribution < 1.29 is 13.6 Å². The lowest BCUT2D eigenvalue weighted by atomic mass is 10.0. The minimum absolute atomic E-state index is 0.176. The molecule has 4 aromatic rings. The first kappa shape index (κ1) is 24.0. The van der Waals surface area contributed by atoms with Crippen molar-refractivity contribution >= 4 is 40.5 Å². The molecule has 0 unspecified atom stereocenters. The Kier molecular flexibility index (Phi) is 6.97. The number of hydrogen-bond acceptors (Lipinski definition) is 4. The number of carbonyl (C=O) groups excluding carboxylic acids is 1. The van der Waals surface area contributed by atoms with Crippen LogP contribution < -0.4 is 10.6 Å². The molecule has 182 valence electrons. The van der Waals surface area contributed by atoms with Crippen LogP contribution in [0.5, 0.6) is 0 Å². The number of hydrogen-bond donors (Lipinski definition) is 2. The highest BCUT2D eigenvalue weighted by Crippen LogP contribution is 2.40. The third-order valence-corrected chi connectivity index (χ3v) is 6.56. The average Bonchev–Trinajstić information content (AvgIpc) is 3.50. The summed E-state index contributed by atoms with van der Waals surface area (Å²) in [4.78, 5) is 19.1. The maximum Gasteiger partial charge on any atom is 0.226 e. The molecule has 0 spiro atoms. The Bertz CT molecular complexity index is 1360. The van der Waals surface area contributed by atoms with E-state index < -0.39 is 0 Å². The van der Waals surface area contributed by atoms with Crippen LogP contribution in [0.4, 0.5) is 10.1 Å². The fourth-order valence-corrected chi connectivity index (χ4v) is 4.67. The average molecular weight is 521 g/mol. The van der Waals surface area contributed by atoms with Gasteiger partial charge >= 0.3 is 0 Å². The number of nitrogens with one attached hydrogen (secondary N) is 2. The van der Waals surface area contributed by atoms with Crippen molar-refractivity contribution in [1.29, 1.82) is 0 Å². The van der Waals surface area contributed by atoms with E-state index in [4.69, 9.17) is 28.2 Å². The van der Waals surface area contributed by atoms with Gasteiger partial charge in [0.05, 0.1) is 11.7 Å². The fraction of sp³-hybridized carbons (Fsp3) is 0.148. The quantitative estimate of drug-likeness (QED) is 0.285. The Morgan fingerprint density at radius 3 is 2.58 bits per heavy atom. The van der Waals surface area contributed by atoms with Gasteiger partial charge in [0.2, 0.25) is 5.91 Å². The lowest BCUT2D eigenvalue weighted by Crippen LogP contribution is -2.32. The minimum Gasteiger partial charge on any atom is -0.459 e. The summed E-state index contributed by atoms with van der Waals surface area (Å²) >= 11 is 11.7. The molecule has 0 aliphatic carbocycles. The van der Waals surface area contributed by atoms with Gasteiger partial charge in [-0.3, -0.25) is 9.78 Å². The van der Waals surface area contributed by atoms with Crippen LogP contribution in [0, 0.1) is 5.82 Å². The van der Waals surface area contributed by atoms with Crippen molar-refractivity contribution in [3.63, 3.8) is 0 Å². The van der Waals surface area contributed by atoms with Gasteiger partial charge in [0.1, 0.15) is 23.4 Å². The Hall–Kier alpha value is -3.75. The molecule has 0 radical (unpaired) electrons. The van der Waals surface area contributed by atoms with Crippen molar-refractivity contribution in [2.45, 2.75) is 18.5 Å². The van der Waals surface area contributed by atoms with E-state index in [0.29, 0.717) is 33.9 Å². The molecule has 0 bridgehead atoms. The standard InChI is InChI=1S/C27H22ClFN4O2S/c28-18-6-4-17(5-7-18)22-12-13-23(35-22)26-25(21-3-1-2-15-30-21)32-27(36)33(26)16-14-24(34)31-20-10-8-19(29)9-11-20/h1-13,15,25-26H,14,16H2,(H,31,34)(H,32,36)/t25-,26+/m0/s1. The maximum absolute atomic E-state index is 13.2. The smallest absolute Gasteiger partial charge is 0.226 e. The number of nitrogens with zero attached hydrogens (tertiary/aromatic N) is 2. The van der Waals surface area contributed by atoms with Gasteiger partial charge in [-0.1, -0.05) is 17.7 Å². The first-order chi connectivity index (χ1) is 17.5. The molecule has 1 fully saturated rings. The Labute approximate surface area is 218 Å². The molecule has 9 heteroatoms. The van der Waals surface area contributed by atoms with Crippen LogP contribution in [0.3, 0.4) is 0 Å². The third kappa shape index (κ3) is 5.24. The molecule has 3 heterocycles. The van der Waals surface area contributed by atoms with Crippen LogP contribution in [0.1, 0.15) is 30.0 Å². The number of pyridine rings is 1. The SMILES string of the molecule is O=C(CCN1C(=S)N[C@@H](c2ccccn2)[C@H]1c1ccc(-c2ccc(Cl)cc2)o1)Nc1ccc(F)cc1. The summed E-state index contributed by atoms with van der Waals surface area (Å²) in [6.07, 6.45) is 1.91. The summed E-state index contributed by atoms with van der Waals surface area (Å²) in [5.74, 6) is 0.835. The highest BCUT2D eigenvalue weighted by Gasteiger charge is 2.41. The molecule has 1 aliphatic heterocycles. The molecular formula is C27H22ClFN4O2S. The molecule has 36 heavy (non-hydrogen) atoms. The van der Waals surface area contributed by atoms with Gasteiger partial charge in [-0.25, -0.2) is 4.39 Å². The summed E-state index contributed by atoms with van der Waals surface area (Å²) in [7, 11) is 0. The van der Waals surface area contributed by atoms with E-state index in [9.17, 15) is 9.18 Å². The number of amides is 1. The second-order valence-electron chi connectivity index (χ2n) is 8.33. The van der Waals surface area contributed by atoms with Crippen LogP contribution in [-0.2, 0) is 4.79 Å². The highest BCUT2D eigenvalue weighted by molar-refractivity contribution is 7.80. The zero-order valence-electron chi connectivity index (χ0n) is 19.0. The van der Waals surface area contributed by atoms with Crippen LogP contribution in [0.2, 0.25) is 5.02 Å². The van der Waals surface area contributed by atoms with Gasteiger partial charge in [-0.15, -0.1) is 0 Å². The number of benzene rings is 2. The minimum atomic E-state index is -0.360. The lowest BCUT2D eigenvalue weighted by Gasteiger charge is -2.25. The van der Waals surface area contributed by atoms with E-state index in [0.717, 1.165) is 11.3 Å². The van der Waals surface area contributed by atoms with Crippen molar-refractivity contribution in [1.82, 2.24) is 15.2 Å². The number of anilines is 1. The van der Waals surface area contributed by atoms with Crippen LogP contribution in [0.15, 0.2) is 89.5 Å². The summed E-state index contributed by atoms with van der Waals surface area (Å²) in [6, 6.07) is 22.0. The van der Waals surface area contributed by atoms with Crippen molar-refractivity contribution in [2.75, 3.05) is 11.9 Å². The van der Waals surface area contributed by atoms with E-state index in [1.54, 1.807) is 6.20 Å². The predicted molar refractivity (Wildman–Crippen MR) is 141 cm³/mol. The van der Waals surface area contributed by atoms with E-state index in [2.05, 4.69) is 15.6 Å². The first-order valence-electron chi connectivity index (χ1n) is 11.4. The Balaban J connectivity index is 1.38. The van der Waals surface area contributed by atoms with Gasteiger partial charge in [-0.2, -0.15) is 0 Å². The van der Waals surface area contributed by atoms with Gasteiger partial charge in [0, 0.05) is 35.4 Å². The number of rotatable bonds is 7. The molecule has 2 atom stereocenters. The summed E-state index contributed by atoms with van der Waals surface area (Å²) in [5, 5.41) is 7.30. The first-order valence-corrected chi connectivity index (χ1v) is 12.2. The third-order valence-electron chi connectivity index (χ3n) is 5.95. The van der Waals surface area contributed by atoms with E-state index >= 15 is 0 Å². The maximum atomic E-state index is 13.2. The van der Waals surface area contributed by atoms with Gasteiger partial charge in [0.25, 0.3) is 0 Å². The second kappa shape index (κ2) is 10.5. The Morgan fingerprint density at radius 2 is 1.86 bits per heavy atom. The van der Waals surface area contributed by atoms with Crippen LogP contribution in [0.25, 0.3) is 11.3 Å². The van der Waals surface area contributed by atoms with E-state index in [1.165, 1.54) is 24.3 Å². The molecule has 2 aromatic heterocycles. The van der Waals surface area contributed by atoms with E-state index in [1.807, 2.05) is 59.5 Å². The molecule has 1 amide bonds. The zero-order valence-corrected chi connectivity index (χ0v) is 20.6. The monoisotopic (exact) mass is 520 g/mol. The van der Waals surface area contributed by atoms with Crippen LogP contribution >= 0.6 is 23.8 Å². The summed E-state index contributed by atoms with van der Waals surface area (Å²) in [5.41, 5.74) is 2.25. The van der Waals surface area contributed by atoms with Crippen molar-refractivity contribution in [3.05, 3.63) is 107 Å². The molecule has 1 aliphatic rings. The topological polar surface area (TPSA) is 70.4 Å². The highest BCUT2D eigenvalue weighted by atomic mass is 35.5. The molecule has 0 saturated carbocycles. The number of thiocarbonyl (C=S) groups is 1.